The van der Waals surface area contributed by atoms with E-state index in [9.17, 15) is 4.79 Å². The zero-order chi connectivity index (χ0) is 20.7. The third-order valence-electron chi connectivity index (χ3n) is 4.98. The van der Waals surface area contributed by atoms with Crippen LogP contribution in [0, 0.1) is 0 Å². The first-order valence-electron chi connectivity index (χ1n) is 9.43. The van der Waals surface area contributed by atoms with Gasteiger partial charge in [0.25, 0.3) is 5.91 Å². The number of hydrogen-bond donors (Lipinski definition) is 1. The standard InChI is InChI=1S/C23H17BrN4OS/c1-2-11-30-23-26-22(29)20-18-13-17(24)9-10-19(18)25-21(28(20)27-23)16-8-7-14-5-3-4-6-15(14)12-16/h2-10,12-13,21H,1,11H2,(H,26,27,29)/t21-/m1/s1. The van der Waals surface area contributed by atoms with Crippen molar-refractivity contribution >= 4 is 55.2 Å². The molecule has 0 fully saturated rings. The van der Waals surface area contributed by atoms with E-state index in [0.717, 1.165) is 31.4 Å². The minimum absolute atomic E-state index is 0.184. The summed E-state index contributed by atoms with van der Waals surface area (Å²) in [5.74, 6) is 0.471. The molecule has 1 atom stereocenters. The summed E-state index contributed by atoms with van der Waals surface area (Å²) in [7, 11) is 0. The Morgan fingerprint density at radius 3 is 2.80 bits per heavy atom. The molecule has 2 heterocycles. The summed E-state index contributed by atoms with van der Waals surface area (Å²) in [6.45, 7) is 3.75. The number of carbonyl (C=O) groups is 1. The number of nitrogens with one attached hydrogen (secondary N) is 1. The highest BCUT2D eigenvalue weighted by Gasteiger charge is 2.34. The van der Waals surface area contributed by atoms with E-state index in [1.54, 1.807) is 11.1 Å². The molecule has 2 aliphatic rings. The van der Waals surface area contributed by atoms with Gasteiger partial charge in [0.05, 0.1) is 5.36 Å². The molecule has 0 saturated carbocycles. The van der Waals surface area contributed by atoms with E-state index in [1.807, 2.05) is 30.3 Å². The molecular weight excluding hydrogens is 460 g/mol. The van der Waals surface area contributed by atoms with Crippen molar-refractivity contribution in [3.05, 3.63) is 93.9 Å². The predicted octanol–water partition coefficient (Wildman–Crippen LogP) is 3.66. The molecule has 3 aromatic rings. The molecule has 0 aliphatic carbocycles. The van der Waals surface area contributed by atoms with E-state index in [1.165, 1.54) is 11.8 Å². The number of halogens is 1. The Labute approximate surface area is 186 Å². The van der Waals surface area contributed by atoms with Crippen LogP contribution in [-0.4, -0.2) is 21.8 Å². The summed E-state index contributed by atoms with van der Waals surface area (Å²) >= 11 is 4.94. The maximum absolute atomic E-state index is 13.1. The van der Waals surface area contributed by atoms with E-state index in [2.05, 4.69) is 58.2 Å². The summed E-state index contributed by atoms with van der Waals surface area (Å²) in [6.07, 6.45) is 1.36. The van der Waals surface area contributed by atoms with E-state index in [-0.39, 0.29) is 5.91 Å². The normalized spacial score (nSPS) is 17.6. The van der Waals surface area contributed by atoms with Crippen LogP contribution in [0.2, 0.25) is 0 Å². The van der Waals surface area contributed by atoms with Crippen molar-refractivity contribution in [2.45, 2.75) is 6.17 Å². The molecule has 0 bridgehead atoms. The monoisotopic (exact) mass is 476 g/mol. The van der Waals surface area contributed by atoms with Crippen LogP contribution < -0.4 is 15.9 Å². The highest BCUT2D eigenvalue weighted by molar-refractivity contribution is 9.10. The third-order valence-corrected chi connectivity index (χ3v) is 6.33. The molecule has 2 aliphatic heterocycles. The molecular formula is C23H17BrN4OS. The quantitative estimate of drug-likeness (QED) is 0.586. The predicted molar refractivity (Wildman–Crippen MR) is 125 cm³/mol. The van der Waals surface area contributed by atoms with Crippen molar-refractivity contribution in [2.75, 3.05) is 5.75 Å². The van der Waals surface area contributed by atoms with Crippen LogP contribution in [0.3, 0.4) is 0 Å². The topological polar surface area (TPSA) is 57.1 Å². The number of rotatable bonds is 3. The number of amides is 1. The SMILES string of the molecule is C=CCSC1=NN2C(=c3cc(Br)ccc3=N[C@H]2c2ccc3ccccc3c2)C(=O)N1. The van der Waals surface area contributed by atoms with E-state index < -0.39 is 6.17 Å². The lowest BCUT2D eigenvalue weighted by Gasteiger charge is -2.34. The molecule has 7 heteroatoms. The van der Waals surface area contributed by atoms with Gasteiger partial charge in [-0.1, -0.05) is 70.2 Å². The largest absolute Gasteiger partial charge is 0.298 e. The van der Waals surface area contributed by atoms with Gasteiger partial charge in [0.15, 0.2) is 11.3 Å². The van der Waals surface area contributed by atoms with Gasteiger partial charge in [-0.2, -0.15) is 0 Å². The molecule has 0 spiro atoms. The molecule has 148 valence electrons. The lowest BCUT2D eigenvalue weighted by Crippen LogP contribution is -2.50. The van der Waals surface area contributed by atoms with Gasteiger partial charge >= 0.3 is 0 Å². The van der Waals surface area contributed by atoms with Gasteiger partial charge < -0.3 is 0 Å². The number of amidine groups is 1. The Morgan fingerprint density at radius 1 is 1.13 bits per heavy atom. The van der Waals surface area contributed by atoms with Gasteiger partial charge in [-0.05, 0) is 40.6 Å². The number of thioether (sulfide) groups is 1. The molecule has 1 N–H and O–H groups in total. The first-order chi connectivity index (χ1) is 14.6. The van der Waals surface area contributed by atoms with Crippen molar-refractivity contribution < 1.29 is 4.79 Å². The average molecular weight is 477 g/mol. The van der Waals surface area contributed by atoms with Crippen LogP contribution in [0.15, 0.2) is 87.9 Å². The van der Waals surface area contributed by atoms with E-state index in [4.69, 9.17) is 10.1 Å². The molecule has 0 unspecified atom stereocenters. The summed E-state index contributed by atoms with van der Waals surface area (Å²) in [5, 5.41) is 13.7. The van der Waals surface area contributed by atoms with Crippen LogP contribution in [-0.2, 0) is 4.79 Å². The Hall–Kier alpha value is -2.90. The van der Waals surface area contributed by atoms with Crippen LogP contribution in [0.5, 0.6) is 0 Å². The lowest BCUT2D eigenvalue weighted by molar-refractivity contribution is -0.116. The second kappa shape index (κ2) is 7.74. The van der Waals surface area contributed by atoms with Gasteiger partial charge in [0.1, 0.15) is 5.70 Å². The van der Waals surface area contributed by atoms with Crippen molar-refractivity contribution in [1.82, 2.24) is 10.3 Å². The van der Waals surface area contributed by atoms with E-state index >= 15 is 0 Å². The van der Waals surface area contributed by atoms with Crippen LogP contribution in [0.1, 0.15) is 11.7 Å². The Kier molecular flexibility index (Phi) is 4.92. The smallest absolute Gasteiger partial charge is 0.276 e. The zero-order valence-electron chi connectivity index (χ0n) is 15.9. The number of fused-ring (bicyclic) bond motifs is 3. The minimum Gasteiger partial charge on any atom is -0.298 e. The maximum atomic E-state index is 13.1. The zero-order valence-corrected chi connectivity index (χ0v) is 18.3. The first kappa shape index (κ1) is 19.1. The van der Waals surface area contributed by atoms with Gasteiger partial charge in [0, 0.05) is 15.4 Å². The van der Waals surface area contributed by atoms with E-state index in [0.29, 0.717) is 16.6 Å². The molecule has 30 heavy (non-hydrogen) atoms. The summed E-state index contributed by atoms with van der Waals surface area (Å²) < 4.78 is 0.886. The summed E-state index contributed by atoms with van der Waals surface area (Å²) in [4.78, 5) is 18.1. The Balaban J connectivity index is 1.72. The Bertz CT molecular complexity index is 1350. The maximum Gasteiger partial charge on any atom is 0.276 e. The van der Waals surface area contributed by atoms with Gasteiger partial charge in [-0.3, -0.25) is 15.1 Å². The van der Waals surface area contributed by atoms with Gasteiger partial charge in [-0.15, -0.1) is 11.7 Å². The highest BCUT2D eigenvalue weighted by atomic mass is 79.9. The fourth-order valence-corrected chi connectivity index (χ4v) is 4.59. The molecule has 5 nitrogen and oxygen atoms in total. The van der Waals surface area contributed by atoms with Crippen LogP contribution in [0.4, 0.5) is 0 Å². The lowest BCUT2D eigenvalue weighted by atomic mass is 10.0. The fourth-order valence-electron chi connectivity index (χ4n) is 3.64. The second-order valence-corrected chi connectivity index (χ2v) is 8.85. The van der Waals surface area contributed by atoms with Crippen LogP contribution >= 0.6 is 27.7 Å². The number of nitrogens with zero attached hydrogens (tertiary/aromatic N) is 3. The third kappa shape index (κ3) is 3.34. The number of hydrogen-bond acceptors (Lipinski definition) is 5. The van der Waals surface area contributed by atoms with Crippen molar-refractivity contribution in [1.29, 1.82) is 0 Å². The average Bonchev–Trinajstić information content (AvgIpc) is 2.76. The molecule has 3 aromatic carbocycles. The molecule has 0 aromatic heterocycles. The van der Waals surface area contributed by atoms with Crippen molar-refractivity contribution in [2.24, 2.45) is 10.1 Å². The number of benzene rings is 3. The first-order valence-corrected chi connectivity index (χ1v) is 11.2. The Morgan fingerprint density at radius 2 is 1.97 bits per heavy atom. The van der Waals surface area contributed by atoms with Crippen molar-refractivity contribution in [3.63, 3.8) is 0 Å². The molecule has 1 amide bonds. The van der Waals surface area contributed by atoms with Crippen LogP contribution in [0.25, 0.3) is 16.5 Å². The second-order valence-electron chi connectivity index (χ2n) is 6.92. The summed E-state index contributed by atoms with van der Waals surface area (Å²) in [6, 6.07) is 20.2. The fraction of sp³-hybridized carbons (Fsp3) is 0.0870. The van der Waals surface area contributed by atoms with Crippen molar-refractivity contribution in [3.8, 4) is 0 Å². The molecule has 0 radical (unpaired) electrons. The molecule has 0 saturated heterocycles. The summed E-state index contributed by atoms with van der Waals surface area (Å²) in [5.41, 5.74) is 1.48. The van der Waals surface area contributed by atoms with Gasteiger partial charge in [-0.25, -0.2) is 5.01 Å². The minimum atomic E-state index is -0.427. The number of carbonyl (C=O) groups excluding carboxylic acids is 1. The highest BCUT2D eigenvalue weighted by Crippen LogP contribution is 2.32. The molecule has 5 rings (SSSR count). The van der Waals surface area contributed by atoms with Gasteiger partial charge in [0.2, 0.25) is 0 Å². The number of hydrazone groups is 1.